The summed E-state index contributed by atoms with van der Waals surface area (Å²) >= 11 is 0. The molecule has 1 aliphatic carbocycles. The predicted molar refractivity (Wildman–Crippen MR) is 105 cm³/mol. The van der Waals surface area contributed by atoms with E-state index in [1.54, 1.807) is 0 Å². The van der Waals surface area contributed by atoms with Crippen molar-refractivity contribution in [3.05, 3.63) is 112 Å². The van der Waals surface area contributed by atoms with Gasteiger partial charge in [-0.15, -0.1) is 0 Å². The number of hydrogen-bond donors (Lipinski definition) is 0. The van der Waals surface area contributed by atoms with Crippen molar-refractivity contribution in [1.82, 2.24) is 0 Å². The lowest BCUT2D eigenvalue weighted by atomic mass is 9.92. The molecule has 4 rings (SSSR count). The second kappa shape index (κ2) is 6.83. The molecule has 1 fully saturated rings. The monoisotopic (exact) mass is 320 g/mol. The van der Waals surface area contributed by atoms with Gasteiger partial charge in [0.1, 0.15) is 0 Å². The Morgan fingerprint density at radius 1 is 0.720 bits per heavy atom. The Morgan fingerprint density at radius 2 is 1.40 bits per heavy atom. The van der Waals surface area contributed by atoms with Gasteiger partial charge in [0.05, 0.1) is 0 Å². The molecule has 3 aromatic carbocycles. The molecule has 0 aromatic heterocycles. The minimum atomic E-state index is 1.05. The average molecular weight is 320 g/mol. The topological polar surface area (TPSA) is 0 Å². The highest BCUT2D eigenvalue weighted by Crippen LogP contribution is 2.41. The molecule has 0 N–H and O–H groups in total. The van der Waals surface area contributed by atoms with Gasteiger partial charge in [-0.1, -0.05) is 83.6 Å². The highest BCUT2D eigenvalue weighted by atomic mass is 14.3. The van der Waals surface area contributed by atoms with Crippen LogP contribution in [0.1, 0.15) is 40.7 Å². The summed E-state index contributed by atoms with van der Waals surface area (Å²) in [5.41, 5.74) is 8.90. The molecule has 3 aromatic rings. The van der Waals surface area contributed by atoms with E-state index in [2.05, 4.69) is 79.4 Å². The van der Waals surface area contributed by atoms with Gasteiger partial charge in [-0.2, -0.15) is 0 Å². The molecule has 1 aliphatic rings. The van der Waals surface area contributed by atoms with Gasteiger partial charge in [0.15, 0.2) is 0 Å². The van der Waals surface area contributed by atoms with Gasteiger partial charge in [0.25, 0.3) is 0 Å². The molecule has 0 amide bonds. The Morgan fingerprint density at radius 3 is 2.12 bits per heavy atom. The van der Waals surface area contributed by atoms with Crippen LogP contribution >= 0.6 is 0 Å². The molecule has 0 spiro atoms. The summed E-state index contributed by atoms with van der Waals surface area (Å²) in [6, 6.07) is 27.5. The summed E-state index contributed by atoms with van der Waals surface area (Å²) in [5, 5.41) is 0. The molecule has 1 saturated carbocycles. The number of rotatable bonds is 2. The summed E-state index contributed by atoms with van der Waals surface area (Å²) in [7, 11) is 0. The molecule has 0 aliphatic heterocycles. The van der Waals surface area contributed by atoms with Crippen molar-refractivity contribution in [2.75, 3.05) is 0 Å². The van der Waals surface area contributed by atoms with Crippen LogP contribution in [-0.4, -0.2) is 0 Å². The smallest absolute Gasteiger partial charge is 0.0327 e. The first-order valence-electron chi connectivity index (χ1n) is 8.77. The maximum absolute atomic E-state index is 3.39. The van der Waals surface area contributed by atoms with E-state index in [1.165, 1.54) is 40.7 Å². The summed E-state index contributed by atoms with van der Waals surface area (Å²) in [6.07, 6.45) is 2.40. The fourth-order valence-corrected chi connectivity index (χ4v) is 3.05. The molecule has 0 heteroatoms. The van der Waals surface area contributed by atoms with Gasteiger partial charge in [0, 0.05) is 11.1 Å². The van der Waals surface area contributed by atoms with Crippen LogP contribution < -0.4 is 0 Å². The van der Waals surface area contributed by atoms with Crippen molar-refractivity contribution in [3.63, 3.8) is 0 Å². The van der Waals surface area contributed by atoms with E-state index in [1.807, 2.05) is 18.2 Å². The lowest BCUT2D eigenvalue weighted by Gasteiger charge is -2.11. The molecule has 0 heterocycles. The normalized spacial score (nSPS) is 12.3. The molecule has 0 radical (unpaired) electrons. The van der Waals surface area contributed by atoms with Crippen molar-refractivity contribution in [2.24, 2.45) is 0 Å². The highest BCUT2D eigenvalue weighted by molar-refractivity contribution is 5.86. The summed E-state index contributed by atoms with van der Waals surface area (Å²) in [5.74, 6) is 6.69. The lowest BCUT2D eigenvalue weighted by molar-refractivity contribution is 1.43. The Bertz CT molecular complexity index is 971. The van der Waals surface area contributed by atoms with Crippen molar-refractivity contribution in [1.29, 1.82) is 0 Å². The minimum absolute atomic E-state index is 1.05. The van der Waals surface area contributed by atoms with Gasteiger partial charge >= 0.3 is 0 Å². The van der Waals surface area contributed by atoms with Crippen LogP contribution in [0, 0.1) is 18.8 Å². The zero-order valence-corrected chi connectivity index (χ0v) is 14.4. The third-order valence-corrected chi connectivity index (χ3v) is 4.51. The average Bonchev–Trinajstić information content (AvgIpc) is 3.49. The first-order chi connectivity index (χ1) is 12.3. The molecular formula is C25H20. The maximum Gasteiger partial charge on any atom is 0.0327 e. The number of benzene rings is 3. The van der Waals surface area contributed by atoms with Gasteiger partial charge in [-0.25, -0.2) is 0 Å². The molecular weight excluding hydrogens is 300 g/mol. The van der Waals surface area contributed by atoms with E-state index in [0.717, 1.165) is 11.1 Å². The standard InChI is InChI=1S/C25H20/c1-19-11-14-22(15-12-19)25(23-17-18-23)24-10-6-5-9-21(24)16-13-20-7-3-2-4-8-20/h2-12,14-15H,17-18H2,1H3. The molecule has 0 saturated heterocycles. The first kappa shape index (κ1) is 15.5. The second-order valence-electron chi connectivity index (χ2n) is 6.51. The van der Waals surface area contributed by atoms with Gasteiger partial charge in [-0.05, 0) is 54.7 Å². The third kappa shape index (κ3) is 3.57. The fraction of sp³-hybridized carbons (Fsp3) is 0.120. The van der Waals surface area contributed by atoms with E-state index in [-0.39, 0.29) is 0 Å². The van der Waals surface area contributed by atoms with E-state index < -0.39 is 0 Å². The Kier molecular flexibility index (Phi) is 4.23. The van der Waals surface area contributed by atoms with Crippen LogP contribution in [0.5, 0.6) is 0 Å². The fourth-order valence-electron chi connectivity index (χ4n) is 3.05. The summed E-state index contributed by atoms with van der Waals surface area (Å²) in [6.45, 7) is 2.13. The zero-order chi connectivity index (χ0) is 17.1. The summed E-state index contributed by atoms with van der Waals surface area (Å²) < 4.78 is 0. The van der Waals surface area contributed by atoms with Crippen molar-refractivity contribution < 1.29 is 0 Å². The summed E-state index contributed by atoms with van der Waals surface area (Å²) in [4.78, 5) is 0. The van der Waals surface area contributed by atoms with Crippen molar-refractivity contribution >= 4 is 5.57 Å². The second-order valence-corrected chi connectivity index (χ2v) is 6.51. The van der Waals surface area contributed by atoms with E-state index >= 15 is 0 Å². The highest BCUT2D eigenvalue weighted by Gasteiger charge is 2.21. The maximum atomic E-state index is 3.39. The van der Waals surface area contributed by atoms with Gasteiger partial charge in [-0.3, -0.25) is 0 Å². The predicted octanol–water partition coefficient (Wildman–Crippen LogP) is 5.99. The third-order valence-electron chi connectivity index (χ3n) is 4.51. The Balaban J connectivity index is 1.79. The molecule has 0 atom stereocenters. The number of allylic oxidation sites excluding steroid dienone is 1. The SMILES string of the molecule is Cc1ccc(C(=C2CC2)c2ccccc2C#Cc2ccccc2)cc1. The molecule has 0 nitrogen and oxygen atoms in total. The Hall–Kier alpha value is -3.04. The largest absolute Gasteiger partial charge is 0.0622 e. The Labute approximate surface area is 149 Å². The van der Waals surface area contributed by atoms with Gasteiger partial charge in [0.2, 0.25) is 0 Å². The van der Waals surface area contributed by atoms with Crippen LogP contribution in [0.4, 0.5) is 0 Å². The minimum Gasteiger partial charge on any atom is -0.0622 e. The molecule has 0 unspecified atom stereocenters. The lowest BCUT2D eigenvalue weighted by Crippen LogP contribution is -1.93. The van der Waals surface area contributed by atoms with Crippen LogP contribution in [0.3, 0.4) is 0 Å². The number of aryl methyl sites for hydroxylation is 1. The molecule has 0 bridgehead atoms. The van der Waals surface area contributed by atoms with Crippen LogP contribution in [0.25, 0.3) is 5.57 Å². The number of hydrogen-bond acceptors (Lipinski definition) is 0. The van der Waals surface area contributed by atoms with Crippen LogP contribution in [-0.2, 0) is 0 Å². The van der Waals surface area contributed by atoms with Crippen LogP contribution in [0.2, 0.25) is 0 Å². The van der Waals surface area contributed by atoms with E-state index in [0.29, 0.717) is 0 Å². The quantitative estimate of drug-likeness (QED) is 0.509. The molecule has 25 heavy (non-hydrogen) atoms. The first-order valence-corrected chi connectivity index (χ1v) is 8.77. The van der Waals surface area contributed by atoms with E-state index in [4.69, 9.17) is 0 Å². The zero-order valence-electron chi connectivity index (χ0n) is 14.4. The van der Waals surface area contributed by atoms with Crippen molar-refractivity contribution in [3.8, 4) is 11.8 Å². The van der Waals surface area contributed by atoms with Crippen molar-refractivity contribution in [2.45, 2.75) is 19.8 Å². The van der Waals surface area contributed by atoms with Crippen LogP contribution in [0.15, 0.2) is 84.4 Å². The van der Waals surface area contributed by atoms with Gasteiger partial charge < -0.3 is 0 Å². The van der Waals surface area contributed by atoms with E-state index in [9.17, 15) is 0 Å². The molecule has 120 valence electrons.